The van der Waals surface area contributed by atoms with Gasteiger partial charge in [0.2, 0.25) is 0 Å². The third kappa shape index (κ3) is 2.51. The summed E-state index contributed by atoms with van der Waals surface area (Å²) in [5, 5.41) is 0. The number of carbonyl (C=O) groups is 2. The van der Waals surface area contributed by atoms with Gasteiger partial charge in [0.15, 0.2) is 0 Å². The Morgan fingerprint density at radius 1 is 1.05 bits per heavy atom. The van der Waals surface area contributed by atoms with E-state index in [1.807, 2.05) is 0 Å². The Bertz CT molecular complexity index is 373. The van der Waals surface area contributed by atoms with Crippen molar-refractivity contribution in [1.29, 1.82) is 0 Å². The summed E-state index contributed by atoms with van der Waals surface area (Å²) in [5.74, 6) is 4.19. The molecule has 3 fully saturated rings. The lowest BCUT2D eigenvalue weighted by Gasteiger charge is -2.46. The minimum atomic E-state index is 0.212. The lowest BCUT2D eigenvalue weighted by molar-refractivity contribution is -0.132. The molecule has 0 aliphatic heterocycles. The van der Waals surface area contributed by atoms with Gasteiger partial charge in [0, 0.05) is 18.8 Å². The number of fused-ring (bicyclic) bond motifs is 3. The zero-order chi connectivity index (χ0) is 13.4. The molecular weight excluding hydrogens is 236 g/mol. The Morgan fingerprint density at radius 3 is 2.68 bits per heavy atom. The first-order valence-electron chi connectivity index (χ1n) is 8.19. The Hall–Kier alpha value is -0.660. The molecule has 3 aliphatic rings. The van der Waals surface area contributed by atoms with Crippen LogP contribution in [-0.4, -0.2) is 11.6 Å². The minimum absolute atomic E-state index is 0.212. The number of hydrogen-bond acceptors (Lipinski definition) is 2. The predicted molar refractivity (Wildman–Crippen MR) is 74.7 cm³/mol. The fourth-order valence-electron chi connectivity index (χ4n) is 5.32. The van der Waals surface area contributed by atoms with E-state index in [1.165, 1.54) is 32.1 Å². The van der Waals surface area contributed by atoms with E-state index < -0.39 is 0 Å². The van der Waals surface area contributed by atoms with Crippen LogP contribution in [0.1, 0.15) is 64.7 Å². The fourth-order valence-corrected chi connectivity index (χ4v) is 5.32. The molecule has 0 bridgehead atoms. The van der Waals surface area contributed by atoms with Crippen molar-refractivity contribution >= 4 is 11.6 Å². The number of ketones is 2. The maximum Gasteiger partial charge on any atom is 0.136 e. The standard InChI is InChI=1S/C17H26O2/c1-11(18)5-7-16-15-8-6-12-3-2-4-13(12)14(15)9-10-17(16)19/h12-16H,2-10H2,1H3/t12-,13+,14-,15-,16+/m0/s1. The summed E-state index contributed by atoms with van der Waals surface area (Å²) < 4.78 is 0. The molecule has 0 amide bonds. The van der Waals surface area contributed by atoms with Crippen LogP contribution in [0, 0.1) is 29.6 Å². The number of rotatable bonds is 3. The molecule has 3 aliphatic carbocycles. The molecule has 0 saturated heterocycles. The number of Topliss-reactive ketones (excluding diaryl/α,β-unsaturated/α-hetero) is 2. The smallest absolute Gasteiger partial charge is 0.136 e. The largest absolute Gasteiger partial charge is 0.300 e. The summed E-state index contributed by atoms with van der Waals surface area (Å²) in [5.41, 5.74) is 0. The maximum atomic E-state index is 12.2. The molecule has 0 unspecified atom stereocenters. The van der Waals surface area contributed by atoms with Crippen LogP contribution in [0.2, 0.25) is 0 Å². The lowest BCUT2D eigenvalue weighted by atomic mass is 9.58. The van der Waals surface area contributed by atoms with Gasteiger partial charge < -0.3 is 4.79 Å². The van der Waals surface area contributed by atoms with Crippen molar-refractivity contribution in [2.24, 2.45) is 29.6 Å². The highest BCUT2D eigenvalue weighted by Crippen LogP contribution is 2.54. The van der Waals surface area contributed by atoms with Crippen molar-refractivity contribution in [3.05, 3.63) is 0 Å². The monoisotopic (exact) mass is 262 g/mol. The van der Waals surface area contributed by atoms with E-state index in [0.29, 0.717) is 18.1 Å². The number of hydrogen-bond donors (Lipinski definition) is 0. The molecule has 0 spiro atoms. The molecule has 0 aromatic carbocycles. The topological polar surface area (TPSA) is 34.1 Å². The van der Waals surface area contributed by atoms with Gasteiger partial charge in [0.05, 0.1) is 0 Å². The molecule has 0 aromatic heterocycles. The van der Waals surface area contributed by atoms with E-state index in [4.69, 9.17) is 0 Å². The highest BCUT2D eigenvalue weighted by atomic mass is 16.1. The van der Waals surface area contributed by atoms with Crippen LogP contribution in [0.25, 0.3) is 0 Å². The molecule has 2 nitrogen and oxygen atoms in total. The van der Waals surface area contributed by atoms with Crippen LogP contribution in [0.3, 0.4) is 0 Å². The lowest BCUT2D eigenvalue weighted by Crippen LogP contribution is -2.42. The van der Waals surface area contributed by atoms with Gasteiger partial charge in [-0.2, -0.15) is 0 Å². The van der Waals surface area contributed by atoms with Crippen molar-refractivity contribution in [2.45, 2.75) is 64.7 Å². The van der Waals surface area contributed by atoms with E-state index in [-0.39, 0.29) is 11.7 Å². The van der Waals surface area contributed by atoms with Gasteiger partial charge in [-0.1, -0.05) is 12.8 Å². The van der Waals surface area contributed by atoms with Crippen LogP contribution in [0.5, 0.6) is 0 Å². The summed E-state index contributed by atoms with van der Waals surface area (Å²) >= 11 is 0. The summed E-state index contributed by atoms with van der Waals surface area (Å²) in [6.07, 6.45) is 10.2. The van der Waals surface area contributed by atoms with Gasteiger partial charge in [-0.05, 0) is 62.7 Å². The minimum Gasteiger partial charge on any atom is -0.300 e. The Morgan fingerprint density at radius 2 is 1.89 bits per heavy atom. The molecule has 5 atom stereocenters. The van der Waals surface area contributed by atoms with Crippen molar-refractivity contribution < 1.29 is 9.59 Å². The molecule has 0 radical (unpaired) electrons. The quantitative estimate of drug-likeness (QED) is 0.775. The molecular formula is C17H26O2. The molecule has 19 heavy (non-hydrogen) atoms. The molecule has 106 valence electrons. The molecule has 0 aromatic rings. The van der Waals surface area contributed by atoms with Crippen LogP contribution in [-0.2, 0) is 9.59 Å². The average molecular weight is 262 g/mol. The zero-order valence-electron chi connectivity index (χ0n) is 12.1. The third-order valence-corrected chi connectivity index (χ3v) is 6.15. The van der Waals surface area contributed by atoms with Crippen molar-refractivity contribution in [1.82, 2.24) is 0 Å². The second kappa shape index (κ2) is 5.38. The van der Waals surface area contributed by atoms with Gasteiger partial charge in [0.1, 0.15) is 11.6 Å². The van der Waals surface area contributed by atoms with Crippen LogP contribution < -0.4 is 0 Å². The summed E-state index contributed by atoms with van der Waals surface area (Å²) in [4.78, 5) is 23.5. The van der Waals surface area contributed by atoms with E-state index in [0.717, 1.165) is 37.0 Å². The second-order valence-electron chi connectivity index (χ2n) is 7.11. The molecule has 2 heteroatoms. The third-order valence-electron chi connectivity index (χ3n) is 6.15. The van der Waals surface area contributed by atoms with E-state index >= 15 is 0 Å². The summed E-state index contributed by atoms with van der Waals surface area (Å²) in [6.45, 7) is 1.65. The summed E-state index contributed by atoms with van der Waals surface area (Å²) in [6, 6.07) is 0. The van der Waals surface area contributed by atoms with Gasteiger partial charge in [-0.15, -0.1) is 0 Å². The van der Waals surface area contributed by atoms with E-state index in [9.17, 15) is 9.59 Å². The van der Waals surface area contributed by atoms with Gasteiger partial charge in [-0.3, -0.25) is 4.79 Å². The van der Waals surface area contributed by atoms with E-state index in [2.05, 4.69) is 0 Å². The predicted octanol–water partition coefficient (Wildman–Crippen LogP) is 3.78. The van der Waals surface area contributed by atoms with Crippen molar-refractivity contribution in [3.63, 3.8) is 0 Å². The van der Waals surface area contributed by atoms with Gasteiger partial charge in [0.25, 0.3) is 0 Å². The summed E-state index contributed by atoms with van der Waals surface area (Å²) in [7, 11) is 0. The zero-order valence-corrected chi connectivity index (χ0v) is 12.1. The van der Waals surface area contributed by atoms with Crippen LogP contribution in [0.15, 0.2) is 0 Å². The Labute approximate surface area is 116 Å². The van der Waals surface area contributed by atoms with Crippen molar-refractivity contribution in [3.8, 4) is 0 Å². The first kappa shape index (κ1) is 13.3. The van der Waals surface area contributed by atoms with Crippen LogP contribution >= 0.6 is 0 Å². The Balaban J connectivity index is 1.72. The van der Waals surface area contributed by atoms with Crippen LogP contribution in [0.4, 0.5) is 0 Å². The average Bonchev–Trinajstić information content (AvgIpc) is 2.85. The van der Waals surface area contributed by atoms with Gasteiger partial charge >= 0.3 is 0 Å². The fraction of sp³-hybridized carbons (Fsp3) is 0.882. The second-order valence-corrected chi connectivity index (χ2v) is 7.11. The molecule has 3 saturated carbocycles. The number of carbonyl (C=O) groups excluding carboxylic acids is 2. The first-order chi connectivity index (χ1) is 9.16. The SMILES string of the molecule is CC(=O)CC[C@H]1C(=O)CC[C@H]2[C@@H]3CCC[C@H]3CC[C@@H]21. The molecule has 0 N–H and O–H groups in total. The molecule has 3 rings (SSSR count). The maximum absolute atomic E-state index is 12.2. The van der Waals surface area contributed by atoms with Gasteiger partial charge in [-0.25, -0.2) is 0 Å². The highest BCUT2D eigenvalue weighted by Gasteiger charge is 2.47. The normalized spacial score (nSPS) is 41.7. The highest BCUT2D eigenvalue weighted by molar-refractivity contribution is 5.83. The Kier molecular flexibility index (Phi) is 3.77. The molecule has 0 heterocycles. The van der Waals surface area contributed by atoms with E-state index in [1.54, 1.807) is 6.92 Å². The van der Waals surface area contributed by atoms with Crippen molar-refractivity contribution in [2.75, 3.05) is 0 Å². The first-order valence-corrected chi connectivity index (χ1v) is 8.19.